The van der Waals surface area contributed by atoms with Crippen LogP contribution in [0, 0.1) is 126 Å². The van der Waals surface area contributed by atoms with Gasteiger partial charge in [0.05, 0.1) is 40.3 Å². The Labute approximate surface area is 259 Å². The normalized spacial score (nSPS) is 25.0. The monoisotopic (exact) mass is 678 g/mol. The van der Waals surface area contributed by atoms with Crippen molar-refractivity contribution in [1.82, 2.24) is 0 Å². The van der Waals surface area contributed by atoms with Crippen molar-refractivity contribution >= 4 is 11.1 Å². The first-order valence-electron chi connectivity index (χ1n) is 12.6. The van der Waals surface area contributed by atoms with Crippen molar-refractivity contribution in [2.45, 2.75) is 24.7 Å². The second kappa shape index (κ2) is 12.5. The van der Waals surface area contributed by atoms with Crippen molar-refractivity contribution in [3.63, 3.8) is 0 Å². The predicted molar refractivity (Wildman–Crippen MR) is 132 cm³/mol. The van der Waals surface area contributed by atoms with Crippen LogP contribution in [0.5, 0.6) is 0 Å². The lowest BCUT2D eigenvalue weighted by molar-refractivity contribution is -0.0469. The minimum atomic E-state index is -3.31. The molecule has 240 valence electrons. The maximum absolute atomic E-state index is 15.2. The number of allylic oxidation sites excluding steroid dienone is 6. The van der Waals surface area contributed by atoms with Crippen LogP contribution in [-0.2, 0) is 0 Å². The molecule has 0 spiro atoms. The molecule has 2 aromatic rings. The number of halogens is 12. The third-order valence-corrected chi connectivity index (χ3v) is 7.51. The molecule has 0 saturated heterocycles. The van der Waals surface area contributed by atoms with Crippen LogP contribution < -0.4 is 0 Å². The van der Waals surface area contributed by atoms with Crippen LogP contribution in [0.4, 0.5) is 52.7 Å². The molecule has 2 saturated carbocycles. The summed E-state index contributed by atoms with van der Waals surface area (Å²) in [5, 5.41) is 56.2. The van der Waals surface area contributed by atoms with Crippen molar-refractivity contribution in [3.8, 4) is 36.4 Å². The Morgan fingerprint density at radius 1 is 0.438 bits per heavy atom. The quantitative estimate of drug-likeness (QED) is 0.200. The van der Waals surface area contributed by atoms with E-state index in [0.29, 0.717) is 0 Å². The largest absolute Gasteiger partial charge is 0.243 e. The number of rotatable bonds is 3. The van der Waals surface area contributed by atoms with Crippen LogP contribution in [0.1, 0.15) is 22.3 Å². The summed E-state index contributed by atoms with van der Waals surface area (Å²) in [6.07, 6.45) is -13.0. The van der Waals surface area contributed by atoms with Crippen LogP contribution in [0.3, 0.4) is 0 Å². The highest BCUT2D eigenvalue weighted by Crippen LogP contribution is 2.58. The summed E-state index contributed by atoms with van der Waals surface area (Å²) in [7, 11) is 0. The number of nitrogens with zero attached hydrogens (tertiary/aromatic N) is 6. The number of benzene rings is 2. The fourth-order valence-electron chi connectivity index (χ4n) is 5.23. The van der Waals surface area contributed by atoms with E-state index in [-0.39, 0.29) is 0 Å². The molecule has 0 radical (unpaired) electrons. The van der Waals surface area contributed by atoms with Crippen LogP contribution >= 0.6 is 0 Å². The van der Waals surface area contributed by atoms with Gasteiger partial charge in [-0.15, -0.1) is 0 Å². The van der Waals surface area contributed by atoms with E-state index < -0.39 is 139 Å². The van der Waals surface area contributed by atoms with Crippen LogP contribution in [0.2, 0.25) is 0 Å². The van der Waals surface area contributed by atoms with Gasteiger partial charge in [0, 0.05) is 22.3 Å². The summed E-state index contributed by atoms with van der Waals surface area (Å²) in [5.41, 5.74) is -16.8. The van der Waals surface area contributed by atoms with Crippen LogP contribution in [0.25, 0.3) is 11.1 Å². The molecule has 2 fully saturated rings. The Hall–Kier alpha value is -6.24. The Bertz CT molecular complexity index is 1990. The van der Waals surface area contributed by atoms with Crippen molar-refractivity contribution in [2.24, 2.45) is 11.8 Å². The van der Waals surface area contributed by atoms with Crippen LogP contribution in [0.15, 0.2) is 22.3 Å². The Balaban J connectivity index is 2.27. The lowest BCUT2D eigenvalue weighted by atomic mass is 9.73. The first-order valence-corrected chi connectivity index (χ1v) is 12.6. The Kier molecular flexibility index (Phi) is 9.03. The Morgan fingerprint density at radius 3 is 1.02 bits per heavy atom. The summed E-state index contributed by atoms with van der Waals surface area (Å²) < 4.78 is 178. The fraction of sp³-hybridized carbons (Fsp3) is 0.200. The number of hydrogen-bond donors (Lipinski definition) is 0. The summed E-state index contributed by atoms with van der Waals surface area (Å²) >= 11 is 0. The molecule has 48 heavy (non-hydrogen) atoms. The standard InChI is InChI=1S/C30H6F12N6/c31-19-10(4-46)20(32)26(38)16(25(19)37)7(1-43)13-14(8(2-44)17-27(39)21(33)11(5-47)22(34)28(17)40)15(13)9(3-45)18-29(41)23(35)12(6-48)24(36)30(18)42/h10,16,19-20,25-26H. The molecule has 4 rings (SSSR count). The van der Waals surface area contributed by atoms with Gasteiger partial charge in [-0.3, -0.25) is 0 Å². The maximum Gasteiger partial charge on any atom is 0.180 e. The fourth-order valence-corrected chi connectivity index (χ4v) is 5.23. The molecular weight excluding hydrogens is 672 g/mol. The number of alkyl halides is 4. The average Bonchev–Trinajstić information content (AvgIpc) is 3.78. The van der Waals surface area contributed by atoms with Crippen molar-refractivity contribution in [2.75, 3.05) is 0 Å². The van der Waals surface area contributed by atoms with Gasteiger partial charge in [0.25, 0.3) is 0 Å². The summed E-state index contributed by atoms with van der Waals surface area (Å²) in [6.45, 7) is 0. The maximum atomic E-state index is 15.2. The zero-order valence-corrected chi connectivity index (χ0v) is 22.7. The minimum absolute atomic E-state index is 0.781. The summed E-state index contributed by atoms with van der Waals surface area (Å²) in [6, 6.07) is 5.59. The van der Waals surface area contributed by atoms with E-state index in [1.165, 1.54) is 0 Å². The molecule has 0 amide bonds. The van der Waals surface area contributed by atoms with E-state index in [9.17, 15) is 42.1 Å². The summed E-state index contributed by atoms with van der Waals surface area (Å²) in [4.78, 5) is 0. The SMILES string of the molecule is N#CC(=C1C(=C(C#N)c2c(F)c(F)c(C#N)c(F)c2F)C1=C(C#N)C1C(F)C(F)C(C#N)C(F)C1F)c1c(F)c(F)c(C#N)c(F)c1F. The van der Waals surface area contributed by atoms with E-state index in [4.69, 9.17) is 15.8 Å². The van der Waals surface area contributed by atoms with E-state index in [2.05, 4.69) is 0 Å². The zero-order valence-electron chi connectivity index (χ0n) is 22.7. The molecule has 4 atom stereocenters. The molecular formula is C30H6F12N6. The third-order valence-electron chi connectivity index (χ3n) is 7.51. The van der Waals surface area contributed by atoms with Gasteiger partial charge in [0.2, 0.25) is 0 Å². The molecule has 2 aliphatic rings. The van der Waals surface area contributed by atoms with Crippen LogP contribution in [-0.4, -0.2) is 24.7 Å². The van der Waals surface area contributed by atoms with Gasteiger partial charge < -0.3 is 0 Å². The molecule has 18 heteroatoms. The molecule has 0 bridgehead atoms. The predicted octanol–water partition coefficient (Wildman–Crippen LogP) is 6.75. The molecule has 0 heterocycles. The first-order chi connectivity index (χ1) is 22.6. The number of hydrogen-bond acceptors (Lipinski definition) is 6. The minimum Gasteiger partial charge on any atom is -0.243 e. The average molecular weight is 678 g/mol. The lowest BCUT2D eigenvalue weighted by Gasteiger charge is -2.36. The van der Waals surface area contributed by atoms with Crippen molar-refractivity contribution < 1.29 is 52.7 Å². The van der Waals surface area contributed by atoms with Gasteiger partial charge in [-0.25, -0.2) is 52.7 Å². The second-order valence-corrected chi connectivity index (χ2v) is 9.82. The third kappa shape index (κ3) is 4.78. The van der Waals surface area contributed by atoms with Gasteiger partial charge in [0.1, 0.15) is 53.7 Å². The van der Waals surface area contributed by atoms with Crippen molar-refractivity contribution in [1.29, 1.82) is 31.6 Å². The van der Waals surface area contributed by atoms with Gasteiger partial charge >= 0.3 is 0 Å². The van der Waals surface area contributed by atoms with E-state index in [1.54, 1.807) is 0 Å². The number of nitriles is 6. The molecule has 0 aromatic heterocycles. The topological polar surface area (TPSA) is 143 Å². The van der Waals surface area contributed by atoms with E-state index in [0.717, 1.165) is 36.4 Å². The second-order valence-electron chi connectivity index (χ2n) is 9.82. The molecule has 0 aliphatic heterocycles. The highest BCUT2D eigenvalue weighted by atomic mass is 19.2. The molecule has 6 nitrogen and oxygen atoms in total. The first kappa shape index (κ1) is 34.6. The molecule has 2 aliphatic carbocycles. The lowest BCUT2D eigenvalue weighted by Crippen LogP contribution is -2.52. The van der Waals surface area contributed by atoms with Gasteiger partial charge in [-0.1, -0.05) is 0 Å². The van der Waals surface area contributed by atoms with Gasteiger partial charge in [-0.05, 0) is 0 Å². The van der Waals surface area contributed by atoms with Crippen molar-refractivity contribution in [3.05, 3.63) is 91.1 Å². The molecule has 4 unspecified atom stereocenters. The smallest absolute Gasteiger partial charge is 0.180 e. The summed E-state index contributed by atoms with van der Waals surface area (Å²) in [5.74, 6) is -25.2. The van der Waals surface area contributed by atoms with E-state index in [1.807, 2.05) is 0 Å². The highest BCUT2D eigenvalue weighted by molar-refractivity contribution is 6.07. The highest BCUT2D eigenvalue weighted by Gasteiger charge is 2.57. The van der Waals surface area contributed by atoms with Gasteiger partial charge in [-0.2, -0.15) is 31.6 Å². The molecule has 0 N–H and O–H groups in total. The van der Waals surface area contributed by atoms with Gasteiger partial charge in [0.15, 0.2) is 58.9 Å². The zero-order chi connectivity index (χ0) is 36.1. The molecule has 2 aromatic carbocycles. The van der Waals surface area contributed by atoms with E-state index >= 15 is 26.3 Å². The Morgan fingerprint density at radius 2 is 0.771 bits per heavy atom.